The second-order valence-electron chi connectivity index (χ2n) is 11.2. The minimum atomic E-state index is -0.330. The van der Waals surface area contributed by atoms with Crippen LogP contribution in [-0.2, 0) is 14.3 Å². The van der Waals surface area contributed by atoms with E-state index in [2.05, 4.69) is 68.5 Å². The number of hydrogen-bond donors (Lipinski definition) is 0. The van der Waals surface area contributed by atoms with Gasteiger partial charge in [-0.15, -0.1) is 0 Å². The zero-order chi connectivity index (χ0) is 22.6. The molecule has 162 valence electrons. The fourth-order valence-electron chi connectivity index (χ4n) is 4.39. The van der Waals surface area contributed by atoms with Crippen LogP contribution in [0.1, 0.15) is 94.9 Å². The molecule has 0 aliphatic carbocycles. The van der Waals surface area contributed by atoms with Crippen LogP contribution < -0.4 is 0 Å². The molecule has 28 heavy (non-hydrogen) atoms. The lowest BCUT2D eigenvalue weighted by atomic mass is 9.54. The first-order chi connectivity index (χ1) is 12.4. The Morgan fingerprint density at radius 2 is 1.32 bits per heavy atom. The molecule has 0 aromatic rings. The third-order valence-corrected chi connectivity index (χ3v) is 6.26. The first-order valence-electron chi connectivity index (χ1n) is 10.4. The summed E-state index contributed by atoms with van der Waals surface area (Å²) in [6.07, 6.45) is 3.41. The van der Waals surface area contributed by atoms with Crippen LogP contribution in [-0.4, -0.2) is 18.4 Å². The average molecular weight is 393 g/mol. The monoisotopic (exact) mass is 392 g/mol. The lowest BCUT2D eigenvalue weighted by Crippen LogP contribution is -2.42. The van der Waals surface area contributed by atoms with Crippen molar-refractivity contribution < 1.29 is 14.3 Å². The number of rotatable bonds is 12. The smallest absolute Gasteiger partial charge is 0.333 e. The van der Waals surface area contributed by atoms with Crippen molar-refractivity contribution in [3.05, 3.63) is 24.3 Å². The van der Waals surface area contributed by atoms with Crippen molar-refractivity contribution in [3.8, 4) is 0 Å². The Morgan fingerprint density at radius 3 is 1.71 bits per heavy atom. The first kappa shape index (κ1) is 26.6. The van der Waals surface area contributed by atoms with Gasteiger partial charge in [0.2, 0.25) is 0 Å². The summed E-state index contributed by atoms with van der Waals surface area (Å²) in [5, 5.41) is 0. The van der Waals surface area contributed by atoms with Crippen molar-refractivity contribution in [1.82, 2.24) is 0 Å². The van der Waals surface area contributed by atoms with Crippen LogP contribution in [0.3, 0.4) is 0 Å². The lowest BCUT2D eigenvalue weighted by Gasteiger charge is -2.51. The van der Waals surface area contributed by atoms with Gasteiger partial charge in [-0.2, -0.15) is 0 Å². The standard InChI is InChI=1S/C25H44O3/c1-13-25(12,16-22(6,7)14-20(26)18(2)3)24(10,11)15-23(8,9)17-28-21(27)19(4)5/h2,4,13-17H2,1,3,5-12H3. The Bertz CT molecular complexity index is 607. The van der Waals surface area contributed by atoms with Crippen LogP contribution in [0.5, 0.6) is 0 Å². The molecule has 1 atom stereocenters. The van der Waals surface area contributed by atoms with Crippen molar-refractivity contribution in [2.45, 2.75) is 94.9 Å². The Labute approximate surface area is 174 Å². The summed E-state index contributed by atoms with van der Waals surface area (Å²) in [4.78, 5) is 24.1. The first-order valence-corrected chi connectivity index (χ1v) is 10.4. The number of carbonyl (C=O) groups excluding carboxylic acids is 2. The molecule has 0 bridgehead atoms. The maximum atomic E-state index is 12.3. The summed E-state index contributed by atoms with van der Waals surface area (Å²) in [5.74, 6) is -0.183. The van der Waals surface area contributed by atoms with Crippen molar-refractivity contribution in [2.75, 3.05) is 6.61 Å². The molecule has 0 aromatic heterocycles. The van der Waals surface area contributed by atoms with E-state index in [4.69, 9.17) is 4.74 Å². The topological polar surface area (TPSA) is 43.4 Å². The molecule has 0 radical (unpaired) electrons. The van der Waals surface area contributed by atoms with Gasteiger partial charge in [0.25, 0.3) is 0 Å². The highest BCUT2D eigenvalue weighted by molar-refractivity contribution is 5.94. The molecule has 0 rings (SSSR count). The molecule has 0 saturated carbocycles. The second-order valence-corrected chi connectivity index (χ2v) is 11.2. The zero-order valence-corrected chi connectivity index (χ0v) is 20.2. The van der Waals surface area contributed by atoms with Gasteiger partial charge < -0.3 is 4.74 Å². The molecule has 1 unspecified atom stereocenters. The lowest BCUT2D eigenvalue weighted by molar-refractivity contribution is -0.143. The molecular formula is C25H44O3. The van der Waals surface area contributed by atoms with Gasteiger partial charge in [0.05, 0.1) is 6.61 Å². The Morgan fingerprint density at radius 1 is 0.821 bits per heavy atom. The van der Waals surface area contributed by atoms with Crippen molar-refractivity contribution in [1.29, 1.82) is 0 Å². The highest BCUT2D eigenvalue weighted by Gasteiger charge is 2.46. The van der Waals surface area contributed by atoms with E-state index >= 15 is 0 Å². The molecule has 0 N–H and O–H groups in total. The molecule has 0 spiro atoms. The van der Waals surface area contributed by atoms with Gasteiger partial charge >= 0.3 is 5.97 Å². The van der Waals surface area contributed by atoms with Gasteiger partial charge in [0, 0.05) is 12.0 Å². The van der Waals surface area contributed by atoms with Crippen LogP contribution in [0.2, 0.25) is 0 Å². The Hall–Kier alpha value is -1.38. The molecule has 0 amide bonds. The summed E-state index contributed by atoms with van der Waals surface area (Å²) >= 11 is 0. The molecule has 0 aromatic carbocycles. The van der Waals surface area contributed by atoms with Crippen LogP contribution in [0.15, 0.2) is 24.3 Å². The van der Waals surface area contributed by atoms with Gasteiger partial charge in [-0.05, 0) is 53.9 Å². The van der Waals surface area contributed by atoms with E-state index in [1.54, 1.807) is 13.8 Å². The second kappa shape index (κ2) is 9.41. The van der Waals surface area contributed by atoms with Crippen LogP contribution in [0.25, 0.3) is 0 Å². The van der Waals surface area contributed by atoms with Crippen LogP contribution in [0, 0.1) is 21.7 Å². The van der Waals surface area contributed by atoms with E-state index in [-0.39, 0.29) is 33.4 Å². The zero-order valence-electron chi connectivity index (χ0n) is 20.2. The number of Topliss-reactive ketones (excluding diaryl/α,β-unsaturated/α-hetero) is 1. The van der Waals surface area contributed by atoms with E-state index in [0.717, 1.165) is 19.3 Å². The van der Waals surface area contributed by atoms with Gasteiger partial charge in [0.15, 0.2) is 5.78 Å². The molecular weight excluding hydrogens is 348 g/mol. The van der Waals surface area contributed by atoms with Crippen molar-refractivity contribution in [3.63, 3.8) is 0 Å². The van der Waals surface area contributed by atoms with Gasteiger partial charge in [0.1, 0.15) is 0 Å². The predicted molar refractivity (Wildman–Crippen MR) is 119 cm³/mol. The van der Waals surface area contributed by atoms with Crippen molar-refractivity contribution in [2.24, 2.45) is 21.7 Å². The summed E-state index contributed by atoms with van der Waals surface area (Å²) < 4.78 is 5.45. The number of ketones is 1. The van der Waals surface area contributed by atoms with Crippen molar-refractivity contribution >= 4 is 11.8 Å². The Kier molecular flexibility index (Phi) is 8.95. The summed E-state index contributed by atoms with van der Waals surface area (Å²) in [6, 6.07) is 0. The average Bonchev–Trinajstić information content (AvgIpc) is 2.50. The maximum absolute atomic E-state index is 12.3. The molecule has 0 saturated heterocycles. The van der Waals surface area contributed by atoms with Crippen LogP contribution >= 0.6 is 0 Å². The molecule has 0 fully saturated rings. The SMILES string of the molecule is C=C(C)C(=O)CC(C)(C)CC(C)(CC)C(C)(C)CC(C)(C)COC(=O)C(=C)C. The fourth-order valence-corrected chi connectivity index (χ4v) is 4.39. The number of esters is 1. The third kappa shape index (κ3) is 7.93. The molecule has 3 heteroatoms. The van der Waals surface area contributed by atoms with E-state index in [0.29, 0.717) is 24.2 Å². The normalized spacial score (nSPS) is 14.9. The minimum Gasteiger partial charge on any atom is -0.462 e. The number of hydrogen-bond acceptors (Lipinski definition) is 3. The predicted octanol–water partition coefficient (Wildman–Crippen LogP) is 6.92. The number of carbonyl (C=O) groups is 2. The summed E-state index contributed by atoms with van der Waals surface area (Å²) in [6.45, 7) is 29.1. The number of allylic oxidation sites excluding steroid dienone is 1. The molecule has 0 aliphatic rings. The molecule has 0 aliphatic heterocycles. The maximum Gasteiger partial charge on any atom is 0.333 e. The highest BCUT2D eigenvalue weighted by Crippen LogP contribution is 2.54. The van der Waals surface area contributed by atoms with E-state index < -0.39 is 0 Å². The van der Waals surface area contributed by atoms with E-state index in [9.17, 15) is 9.59 Å². The summed E-state index contributed by atoms with van der Waals surface area (Å²) in [5.41, 5.74) is 0.854. The van der Waals surface area contributed by atoms with E-state index in [1.807, 2.05) is 0 Å². The van der Waals surface area contributed by atoms with E-state index in [1.165, 1.54) is 0 Å². The molecule has 0 heterocycles. The van der Waals surface area contributed by atoms with Gasteiger partial charge in [-0.3, -0.25) is 4.79 Å². The minimum absolute atomic E-state index is 0.00439. The molecule has 3 nitrogen and oxygen atoms in total. The quantitative estimate of drug-likeness (QED) is 0.267. The van der Waals surface area contributed by atoms with Gasteiger partial charge in [-0.1, -0.05) is 75.0 Å². The third-order valence-electron chi connectivity index (χ3n) is 6.26. The largest absolute Gasteiger partial charge is 0.462 e. The Balaban J connectivity index is 5.38. The fraction of sp³-hybridized carbons (Fsp3) is 0.760. The number of ether oxygens (including phenoxy) is 1. The van der Waals surface area contributed by atoms with Gasteiger partial charge in [-0.25, -0.2) is 4.79 Å². The highest BCUT2D eigenvalue weighted by atomic mass is 16.5. The summed E-state index contributed by atoms with van der Waals surface area (Å²) in [7, 11) is 0. The van der Waals surface area contributed by atoms with Crippen LogP contribution in [0.4, 0.5) is 0 Å².